The quantitative estimate of drug-likeness (QED) is 0.403. The Morgan fingerprint density at radius 3 is 1.83 bits per heavy atom. The van der Waals surface area contributed by atoms with Gasteiger partial charge < -0.3 is 5.11 Å². The van der Waals surface area contributed by atoms with Crippen molar-refractivity contribution in [2.75, 3.05) is 0 Å². The van der Waals surface area contributed by atoms with Crippen molar-refractivity contribution in [2.24, 2.45) is 0 Å². The van der Waals surface area contributed by atoms with Crippen molar-refractivity contribution in [3.8, 4) is 0 Å². The first-order valence-corrected chi connectivity index (χ1v) is 1.93. The van der Waals surface area contributed by atoms with E-state index in [1.165, 1.54) is 0 Å². The summed E-state index contributed by atoms with van der Waals surface area (Å²) in [5.41, 5.74) is 0. The zero-order chi connectivity index (χ0) is 4.28. The standard InChI is InChI=1S/C4H9O.Rb/c1-3-4(2)5;/h4H,3H2,1-2H3;/q-1;+1. The first kappa shape index (κ1) is 10.7. The minimum absolute atomic E-state index is 0. The van der Waals surface area contributed by atoms with E-state index in [-0.39, 0.29) is 64.3 Å². The molecular formula is C4H9ORb. The van der Waals surface area contributed by atoms with Gasteiger partial charge in [0.1, 0.15) is 0 Å². The average Bonchev–Trinajstić information content (AvgIpc) is 1.38. The van der Waals surface area contributed by atoms with E-state index in [9.17, 15) is 5.11 Å². The molecule has 0 spiro atoms. The van der Waals surface area contributed by atoms with Crippen LogP contribution in [0.25, 0.3) is 0 Å². The van der Waals surface area contributed by atoms with Crippen molar-refractivity contribution >= 4 is 0 Å². The summed E-state index contributed by atoms with van der Waals surface area (Å²) < 4.78 is 0. The summed E-state index contributed by atoms with van der Waals surface area (Å²) in [5, 5.41) is 9.90. The molecule has 0 amide bonds. The van der Waals surface area contributed by atoms with E-state index >= 15 is 0 Å². The normalized spacial score (nSPS) is 12.5. The maximum Gasteiger partial charge on any atom is 1.00 e. The maximum atomic E-state index is 9.90. The van der Waals surface area contributed by atoms with E-state index in [0.29, 0.717) is 0 Å². The fraction of sp³-hybridized carbons (Fsp3) is 1.00. The second-order valence-electron chi connectivity index (χ2n) is 1.22. The molecular weight excluding hydrogens is 150 g/mol. The van der Waals surface area contributed by atoms with E-state index in [1.807, 2.05) is 6.92 Å². The molecule has 0 saturated heterocycles. The molecule has 0 aliphatic carbocycles. The average molecular weight is 159 g/mol. The van der Waals surface area contributed by atoms with Crippen LogP contribution in [0.1, 0.15) is 20.3 Å². The molecule has 0 saturated carbocycles. The number of hydrogen-bond donors (Lipinski definition) is 0. The molecule has 1 nitrogen and oxygen atoms in total. The van der Waals surface area contributed by atoms with Crippen molar-refractivity contribution in [1.82, 2.24) is 0 Å². The fourth-order valence-electron chi connectivity index (χ4n) is 0. The van der Waals surface area contributed by atoms with E-state index in [2.05, 4.69) is 0 Å². The van der Waals surface area contributed by atoms with Crippen LogP contribution < -0.4 is 63.3 Å². The summed E-state index contributed by atoms with van der Waals surface area (Å²) in [4.78, 5) is 0. The van der Waals surface area contributed by atoms with Crippen LogP contribution in [0.3, 0.4) is 0 Å². The molecule has 1 unspecified atom stereocenters. The molecule has 0 aromatic carbocycles. The van der Waals surface area contributed by atoms with Crippen LogP contribution in [0.2, 0.25) is 0 Å². The van der Waals surface area contributed by atoms with Crippen LogP contribution in [0.15, 0.2) is 0 Å². The van der Waals surface area contributed by atoms with Gasteiger partial charge in [-0.05, 0) is 0 Å². The summed E-state index contributed by atoms with van der Waals surface area (Å²) in [6, 6.07) is 0. The molecule has 32 valence electrons. The number of hydrogen-bond acceptors (Lipinski definition) is 1. The summed E-state index contributed by atoms with van der Waals surface area (Å²) in [5.74, 6) is 0. The van der Waals surface area contributed by atoms with E-state index < -0.39 is 0 Å². The Morgan fingerprint density at radius 1 is 1.67 bits per heavy atom. The van der Waals surface area contributed by atoms with Crippen LogP contribution in [-0.4, -0.2) is 6.10 Å². The predicted molar refractivity (Wildman–Crippen MR) is 19.8 cm³/mol. The Hall–Kier alpha value is 1.77. The summed E-state index contributed by atoms with van der Waals surface area (Å²) in [6.45, 7) is 3.55. The van der Waals surface area contributed by atoms with Crippen LogP contribution in [0.4, 0.5) is 0 Å². The third-order valence-corrected chi connectivity index (χ3v) is 0.575. The van der Waals surface area contributed by atoms with E-state index in [0.717, 1.165) is 6.42 Å². The molecule has 0 aliphatic heterocycles. The zero-order valence-electron chi connectivity index (χ0n) is 4.69. The molecule has 0 heterocycles. The second-order valence-corrected chi connectivity index (χ2v) is 1.22. The summed E-state index contributed by atoms with van der Waals surface area (Å²) in [7, 11) is 0. The van der Waals surface area contributed by atoms with Gasteiger partial charge in [-0.15, -0.1) is 6.10 Å². The molecule has 0 bridgehead atoms. The van der Waals surface area contributed by atoms with Crippen molar-refractivity contribution in [1.29, 1.82) is 0 Å². The second kappa shape index (κ2) is 6.77. The van der Waals surface area contributed by atoms with Gasteiger partial charge in [0.05, 0.1) is 0 Å². The summed E-state index contributed by atoms with van der Waals surface area (Å²) in [6.07, 6.45) is 0.384. The Bertz CT molecular complexity index is 21.5. The zero-order valence-corrected chi connectivity index (χ0v) is 9.61. The first-order valence-electron chi connectivity index (χ1n) is 1.93. The molecule has 0 aliphatic rings. The van der Waals surface area contributed by atoms with E-state index in [4.69, 9.17) is 0 Å². The molecule has 0 rings (SSSR count). The van der Waals surface area contributed by atoms with Gasteiger partial charge in [0.2, 0.25) is 0 Å². The first-order chi connectivity index (χ1) is 2.27. The van der Waals surface area contributed by atoms with Crippen LogP contribution in [0.5, 0.6) is 0 Å². The largest absolute Gasteiger partial charge is 1.00 e. The van der Waals surface area contributed by atoms with Gasteiger partial charge in [0, 0.05) is 0 Å². The molecule has 0 radical (unpaired) electrons. The van der Waals surface area contributed by atoms with Gasteiger partial charge in [-0.2, -0.15) is 0 Å². The molecule has 0 fully saturated rings. The SMILES string of the molecule is CCC(C)[O-].[Rb+]. The minimum atomic E-state index is -0.366. The fourth-order valence-corrected chi connectivity index (χ4v) is 0. The summed E-state index contributed by atoms with van der Waals surface area (Å²) >= 11 is 0. The smallest absolute Gasteiger partial charge is 0.852 e. The van der Waals surface area contributed by atoms with Gasteiger partial charge in [-0.25, -0.2) is 0 Å². The molecule has 1 atom stereocenters. The van der Waals surface area contributed by atoms with Crippen LogP contribution in [-0.2, 0) is 0 Å². The van der Waals surface area contributed by atoms with Gasteiger partial charge in [0.25, 0.3) is 0 Å². The number of rotatable bonds is 1. The van der Waals surface area contributed by atoms with Crippen LogP contribution >= 0.6 is 0 Å². The molecule has 0 aromatic heterocycles. The molecule has 0 N–H and O–H groups in total. The van der Waals surface area contributed by atoms with E-state index in [1.54, 1.807) is 6.92 Å². The minimum Gasteiger partial charge on any atom is -0.852 e. The van der Waals surface area contributed by atoms with Crippen LogP contribution in [0, 0.1) is 0 Å². The molecule has 0 aromatic rings. The van der Waals surface area contributed by atoms with Gasteiger partial charge in [-0.3, -0.25) is 0 Å². The Labute approximate surface area is 87.9 Å². The Kier molecular flexibility index (Phi) is 12.1. The van der Waals surface area contributed by atoms with Crippen molar-refractivity contribution in [3.05, 3.63) is 0 Å². The third-order valence-electron chi connectivity index (χ3n) is 0.575. The van der Waals surface area contributed by atoms with Gasteiger partial charge in [0.15, 0.2) is 0 Å². The van der Waals surface area contributed by atoms with Crippen molar-refractivity contribution in [2.45, 2.75) is 26.4 Å². The Balaban J connectivity index is 0. The topological polar surface area (TPSA) is 23.1 Å². The van der Waals surface area contributed by atoms with Gasteiger partial charge in [-0.1, -0.05) is 20.3 Å². The van der Waals surface area contributed by atoms with Crippen molar-refractivity contribution in [3.63, 3.8) is 0 Å². The molecule has 2 heteroatoms. The maximum absolute atomic E-state index is 9.90. The monoisotopic (exact) mass is 158 g/mol. The molecule has 6 heavy (non-hydrogen) atoms. The van der Waals surface area contributed by atoms with Crippen molar-refractivity contribution < 1.29 is 63.3 Å². The third kappa shape index (κ3) is 9.23. The predicted octanol–water partition coefficient (Wildman–Crippen LogP) is -2.85. The van der Waals surface area contributed by atoms with Gasteiger partial charge >= 0.3 is 58.2 Å². The Morgan fingerprint density at radius 2 is 1.83 bits per heavy atom.